The Morgan fingerprint density at radius 2 is 1.51 bits per heavy atom. The van der Waals surface area contributed by atoms with Crippen molar-refractivity contribution in [2.45, 2.75) is 72.0 Å². The number of hydrogen-bond acceptors (Lipinski definition) is 4. The lowest BCUT2D eigenvalue weighted by Gasteiger charge is -2.32. The SMILES string of the molecule is CCOc1ccc(CCC(=O)N(Cc2ccc(Cl)c(Cl)c2)[C@@H](Cc2ccccc2)C(=O)N[C@@H](C)CC)cc1OCC. The van der Waals surface area contributed by atoms with E-state index in [2.05, 4.69) is 5.32 Å². The molecule has 2 amide bonds. The summed E-state index contributed by atoms with van der Waals surface area (Å²) >= 11 is 12.5. The smallest absolute Gasteiger partial charge is 0.243 e. The van der Waals surface area contributed by atoms with E-state index in [0.29, 0.717) is 47.6 Å². The van der Waals surface area contributed by atoms with Gasteiger partial charge in [-0.3, -0.25) is 9.59 Å². The van der Waals surface area contributed by atoms with Gasteiger partial charge in [0.25, 0.3) is 0 Å². The third-order valence-corrected chi connectivity index (χ3v) is 7.58. The molecule has 0 fully saturated rings. The lowest BCUT2D eigenvalue weighted by Crippen LogP contribution is -2.52. The van der Waals surface area contributed by atoms with Gasteiger partial charge in [-0.15, -0.1) is 0 Å². The predicted octanol–water partition coefficient (Wildman–Crippen LogP) is 7.28. The second-order valence-electron chi connectivity index (χ2n) is 9.94. The van der Waals surface area contributed by atoms with E-state index in [0.717, 1.165) is 23.1 Å². The summed E-state index contributed by atoms with van der Waals surface area (Å²) in [4.78, 5) is 29.3. The molecule has 220 valence electrons. The predicted molar refractivity (Wildman–Crippen MR) is 166 cm³/mol. The van der Waals surface area contributed by atoms with Gasteiger partial charge in [-0.25, -0.2) is 0 Å². The van der Waals surface area contributed by atoms with Crippen LogP contribution in [-0.4, -0.2) is 42.0 Å². The molecule has 0 aliphatic carbocycles. The molecule has 0 aromatic heterocycles. The maximum Gasteiger partial charge on any atom is 0.243 e. The Balaban J connectivity index is 1.93. The fourth-order valence-electron chi connectivity index (χ4n) is 4.48. The molecule has 6 nitrogen and oxygen atoms in total. The van der Waals surface area contributed by atoms with E-state index in [1.807, 2.05) is 82.3 Å². The first kappa shape index (κ1) is 32.3. The zero-order valence-corrected chi connectivity index (χ0v) is 25.8. The van der Waals surface area contributed by atoms with Crippen molar-refractivity contribution in [1.29, 1.82) is 0 Å². The average molecular weight is 600 g/mol. The van der Waals surface area contributed by atoms with Gasteiger partial charge in [0.2, 0.25) is 11.8 Å². The largest absolute Gasteiger partial charge is 0.490 e. The highest BCUT2D eigenvalue weighted by atomic mass is 35.5. The molecule has 3 aromatic rings. The van der Waals surface area contributed by atoms with E-state index in [-0.39, 0.29) is 30.8 Å². The normalized spacial score (nSPS) is 12.3. The highest BCUT2D eigenvalue weighted by molar-refractivity contribution is 6.42. The van der Waals surface area contributed by atoms with Crippen molar-refractivity contribution in [2.24, 2.45) is 0 Å². The van der Waals surface area contributed by atoms with Crippen LogP contribution < -0.4 is 14.8 Å². The molecular formula is C33H40Cl2N2O4. The van der Waals surface area contributed by atoms with E-state index in [1.165, 1.54) is 0 Å². The molecule has 0 saturated carbocycles. The summed E-state index contributed by atoms with van der Waals surface area (Å²) in [5.41, 5.74) is 2.71. The molecule has 3 rings (SSSR count). The number of carbonyl (C=O) groups is 2. The molecule has 41 heavy (non-hydrogen) atoms. The Hall–Kier alpha value is -3.22. The van der Waals surface area contributed by atoms with E-state index >= 15 is 0 Å². The number of halogens is 2. The molecule has 0 aliphatic rings. The maximum absolute atomic E-state index is 14.0. The topological polar surface area (TPSA) is 67.9 Å². The fraction of sp³-hybridized carbons (Fsp3) is 0.394. The first-order valence-corrected chi connectivity index (χ1v) is 15.0. The van der Waals surface area contributed by atoms with E-state index in [4.69, 9.17) is 32.7 Å². The lowest BCUT2D eigenvalue weighted by atomic mass is 10.0. The number of amides is 2. The molecule has 2 atom stereocenters. The van der Waals surface area contributed by atoms with Gasteiger partial charge < -0.3 is 19.7 Å². The van der Waals surface area contributed by atoms with Gasteiger partial charge >= 0.3 is 0 Å². The molecule has 0 aliphatic heterocycles. The van der Waals surface area contributed by atoms with Crippen molar-refractivity contribution < 1.29 is 19.1 Å². The summed E-state index contributed by atoms with van der Waals surface area (Å²) in [5, 5.41) is 3.93. The summed E-state index contributed by atoms with van der Waals surface area (Å²) in [6, 6.07) is 20.0. The third-order valence-electron chi connectivity index (χ3n) is 6.84. The van der Waals surface area contributed by atoms with Crippen molar-refractivity contribution in [3.63, 3.8) is 0 Å². The van der Waals surface area contributed by atoms with Gasteiger partial charge in [0.05, 0.1) is 23.3 Å². The minimum absolute atomic E-state index is 0.0245. The Kier molecular flexibility index (Phi) is 12.8. The number of hydrogen-bond donors (Lipinski definition) is 1. The third kappa shape index (κ3) is 9.68. The molecule has 0 heterocycles. The van der Waals surface area contributed by atoms with Crippen LogP contribution in [0.25, 0.3) is 0 Å². The molecule has 0 spiro atoms. The Bertz CT molecular complexity index is 1290. The van der Waals surface area contributed by atoms with Gasteiger partial charge in [-0.1, -0.05) is 72.6 Å². The van der Waals surface area contributed by atoms with Crippen LogP contribution in [0.2, 0.25) is 10.0 Å². The standard InChI is InChI=1S/C33H40Cl2N2O4/c1-5-23(4)36-33(39)29(20-24-11-9-8-10-12-24)37(22-26-13-16-27(34)28(35)19-26)32(38)18-15-25-14-17-30(40-6-2)31(21-25)41-7-3/h8-14,16-17,19,21,23,29H,5-7,15,18,20,22H2,1-4H3,(H,36,39)/t23-,29-/m0/s1. The Morgan fingerprint density at radius 1 is 0.829 bits per heavy atom. The Labute approximate surface area is 253 Å². The van der Waals surface area contributed by atoms with E-state index in [1.54, 1.807) is 17.0 Å². The van der Waals surface area contributed by atoms with Crippen LogP contribution in [0.3, 0.4) is 0 Å². The first-order valence-electron chi connectivity index (χ1n) is 14.2. The summed E-state index contributed by atoms with van der Waals surface area (Å²) in [6.45, 7) is 9.08. The van der Waals surface area contributed by atoms with Crippen molar-refractivity contribution in [1.82, 2.24) is 10.2 Å². The van der Waals surface area contributed by atoms with Crippen LogP contribution in [0.5, 0.6) is 11.5 Å². The average Bonchev–Trinajstić information content (AvgIpc) is 2.97. The molecule has 1 N–H and O–H groups in total. The highest BCUT2D eigenvalue weighted by Crippen LogP contribution is 2.29. The minimum atomic E-state index is -0.715. The van der Waals surface area contributed by atoms with Crippen LogP contribution in [0.1, 0.15) is 57.2 Å². The van der Waals surface area contributed by atoms with Gasteiger partial charge in [0.1, 0.15) is 6.04 Å². The van der Waals surface area contributed by atoms with Crippen LogP contribution in [-0.2, 0) is 29.0 Å². The summed E-state index contributed by atoms with van der Waals surface area (Å²) in [5.74, 6) is 1.01. The van der Waals surface area contributed by atoms with Gasteiger partial charge in [-0.05, 0) is 74.6 Å². The number of nitrogens with zero attached hydrogens (tertiary/aromatic N) is 1. The summed E-state index contributed by atoms with van der Waals surface area (Å²) in [7, 11) is 0. The van der Waals surface area contributed by atoms with Crippen LogP contribution in [0, 0.1) is 0 Å². The quantitative estimate of drug-likeness (QED) is 0.199. The van der Waals surface area contributed by atoms with Crippen LogP contribution in [0.4, 0.5) is 0 Å². The molecule has 3 aromatic carbocycles. The second kappa shape index (κ2) is 16.3. The van der Waals surface area contributed by atoms with Gasteiger partial charge in [0, 0.05) is 25.4 Å². The molecule has 8 heteroatoms. The molecule has 0 unspecified atom stereocenters. The van der Waals surface area contributed by atoms with Crippen molar-refractivity contribution in [3.8, 4) is 11.5 Å². The number of benzene rings is 3. The monoisotopic (exact) mass is 598 g/mol. The van der Waals surface area contributed by atoms with Gasteiger partial charge in [-0.2, -0.15) is 0 Å². The zero-order valence-electron chi connectivity index (χ0n) is 24.3. The van der Waals surface area contributed by atoms with Crippen LogP contribution in [0.15, 0.2) is 66.7 Å². The molecule has 0 radical (unpaired) electrons. The van der Waals surface area contributed by atoms with Crippen LogP contribution >= 0.6 is 23.2 Å². The van der Waals surface area contributed by atoms with Crippen molar-refractivity contribution in [3.05, 3.63) is 93.5 Å². The second-order valence-corrected chi connectivity index (χ2v) is 10.8. The summed E-state index contributed by atoms with van der Waals surface area (Å²) in [6.07, 6.45) is 1.86. The number of ether oxygens (including phenoxy) is 2. The lowest BCUT2D eigenvalue weighted by molar-refractivity contribution is -0.141. The minimum Gasteiger partial charge on any atom is -0.490 e. The van der Waals surface area contributed by atoms with E-state index in [9.17, 15) is 9.59 Å². The summed E-state index contributed by atoms with van der Waals surface area (Å²) < 4.78 is 11.5. The number of aryl methyl sites for hydroxylation is 1. The van der Waals surface area contributed by atoms with Gasteiger partial charge in [0.15, 0.2) is 11.5 Å². The number of rotatable bonds is 15. The van der Waals surface area contributed by atoms with Crippen molar-refractivity contribution >= 4 is 35.0 Å². The molecular weight excluding hydrogens is 559 g/mol. The molecule has 0 bridgehead atoms. The number of nitrogens with one attached hydrogen (secondary N) is 1. The first-order chi connectivity index (χ1) is 19.7. The maximum atomic E-state index is 14.0. The Morgan fingerprint density at radius 3 is 2.17 bits per heavy atom. The number of carbonyl (C=O) groups excluding carboxylic acids is 2. The zero-order chi connectivity index (χ0) is 29.8. The van der Waals surface area contributed by atoms with E-state index < -0.39 is 6.04 Å². The fourth-order valence-corrected chi connectivity index (χ4v) is 4.80. The molecule has 0 saturated heterocycles. The highest BCUT2D eigenvalue weighted by Gasteiger charge is 2.31. The van der Waals surface area contributed by atoms with Crippen molar-refractivity contribution in [2.75, 3.05) is 13.2 Å².